The van der Waals surface area contributed by atoms with Crippen LogP contribution in [-0.4, -0.2) is 31.4 Å². The molecule has 1 atom stereocenters. The standard InChI is InChI=1S/C13H18N2O5S/c1-8(2)12(13(17)18)15-21(19,20)11-6-4-10(5-7-11)14-9(3)16/h4-8,12,15H,1-3H3,(H,14,16)(H,17,18)/t12-/m1/s1. The molecule has 0 fully saturated rings. The van der Waals surface area contributed by atoms with Gasteiger partial charge in [0.1, 0.15) is 6.04 Å². The molecule has 3 N–H and O–H groups in total. The Bertz CT molecular complexity index is 622. The highest BCUT2D eigenvalue weighted by Crippen LogP contribution is 2.15. The molecule has 1 rings (SSSR count). The van der Waals surface area contributed by atoms with Gasteiger partial charge in [-0.3, -0.25) is 9.59 Å². The average Bonchev–Trinajstić information content (AvgIpc) is 2.35. The quantitative estimate of drug-likeness (QED) is 0.726. The summed E-state index contributed by atoms with van der Waals surface area (Å²) in [5.74, 6) is -1.89. The average molecular weight is 314 g/mol. The van der Waals surface area contributed by atoms with Crippen LogP contribution in [0.3, 0.4) is 0 Å². The van der Waals surface area contributed by atoms with Crippen molar-refractivity contribution >= 4 is 27.6 Å². The molecule has 0 unspecified atom stereocenters. The molecule has 0 aliphatic heterocycles. The normalized spacial score (nSPS) is 13.0. The highest BCUT2D eigenvalue weighted by atomic mass is 32.2. The van der Waals surface area contributed by atoms with Crippen LogP contribution < -0.4 is 10.0 Å². The second kappa shape index (κ2) is 6.68. The van der Waals surface area contributed by atoms with Crippen LogP contribution in [0.2, 0.25) is 0 Å². The summed E-state index contributed by atoms with van der Waals surface area (Å²) in [6.45, 7) is 4.56. The third-order valence-corrected chi connectivity index (χ3v) is 4.16. The number of anilines is 1. The van der Waals surface area contributed by atoms with Crippen molar-refractivity contribution < 1.29 is 23.1 Å². The van der Waals surface area contributed by atoms with Crippen molar-refractivity contribution in [1.82, 2.24) is 4.72 Å². The summed E-state index contributed by atoms with van der Waals surface area (Å²) >= 11 is 0. The van der Waals surface area contributed by atoms with Gasteiger partial charge < -0.3 is 10.4 Å². The lowest BCUT2D eigenvalue weighted by Gasteiger charge is -2.18. The van der Waals surface area contributed by atoms with Gasteiger partial charge >= 0.3 is 5.97 Å². The van der Waals surface area contributed by atoms with Gasteiger partial charge in [-0.2, -0.15) is 4.72 Å². The van der Waals surface area contributed by atoms with Gasteiger partial charge in [0, 0.05) is 12.6 Å². The second-order valence-electron chi connectivity index (χ2n) is 4.89. The summed E-state index contributed by atoms with van der Waals surface area (Å²) in [5, 5.41) is 11.5. The SMILES string of the molecule is CC(=O)Nc1ccc(S(=O)(=O)N[C@@H](C(=O)O)C(C)C)cc1. The van der Waals surface area contributed by atoms with Crippen molar-refractivity contribution in [2.75, 3.05) is 5.32 Å². The molecule has 0 saturated carbocycles. The topological polar surface area (TPSA) is 113 Å². The van der Waals surface area contributed by atoms with Crippen LogP contribution in [0.1, 0.15) is 20.8 Å². The van der Waals surface area contributed by atoms with E-state index < -0.39 is 28.0 Å². The molecule has 8 heteroatoms. The van der Waals surface area contributed by atoms with Gasteiger partial charge in [0.05, 0.1) is 4.90 Å². The Labute approximate surface area is 123 Å². The van der Waals surface area contributed by atoms with Gasteiger partial charge in [0.15, 0.2) is 0 Å². The zero-order chi connectivity index (χ0) is 16.2. The van der Waals surface area contributed by atoms with E-state index in [1.54, 1.807) is 13.8 Å². The van der Waals surface area contributed by atoms with Gasteiger partial charge in [-0.1, -0.05) is 13.8 Å². The predicted octanol–water partition coefficient (Wildman–Crippen LogP) is 1.03. The molecule has 1 aromatic rings. The molecule has 0 aliphatic carbocycles. The minimum Gasteiger partial charge on any atom is -0.480 e. The summed E-state index contributed by atoms with van der Waals surface area (Å²) in [5.41, 5.74) is 0.458. The Morgan fingerprint density at radius 2 is 1.67 bits per heavy atom. The van der Waals surface area contributed by atoms with Crippen molar-refractivity contribution in [2.24, 2.45) is 5.92 Å². The highest BCUT2D eigenvalue weighted by molar-refractivity contribution is 7.89. The first-order chi connectivity index (χ1) is 9.63. The minimum atomic E-state index is -3.94. The van der Waals surface area contributed by atoms with E-state index in [-0.39, 0.29) is 10.8 Å². The molecule has 1 amide bonds. The zero-order valence-corrected chi connectivity index (χ0v) is 12.8. The number of hydrogen-bond donors (Lipinski definition) is 3. The highest BCUT2D eigenvalue weighted by Gasteiger charge is 2.27. The van der Waals surface area contributed by atoms with E-state index in [1.165, 1.54) is 31.2 Å². The van der Waals surface area contributed by atoms with Gasteiger partial charge in [0.2, 0.25) is 15.9 Å². The molecule has 0 aliphatic rings. The lowest BCUT2D eigenvalue weighted by Crippen LogP contribution is -2.44. The van der Waals surface area contributed by atoms with Crippen LogP contribution in [-0.2, 0) is 19.6 Å². The molecule has 116 valence electrons. The predicted molar refractivity (Wildman–Crippen MR) is 77.3 cm³/mol. The molecule has 0 saturated heterocycles. The third kappa shape index (κ3) is 4.83. The molecule has 0 aromatic heterocycles. The van der Waals surface area contributed by atoms with E-state index in [4.69, 9.17) is 5.11 Å². The zero-order valence-electron chi connectivity index (χ0n) is 12.0. The first-order valence-corrected chi connectivity index (χ1v) is 7.74. The maximum Gasteiger partial charge on any atom is 0.322 e. The molecule has 7 nitrogen and oxygen atoms in total. The van der Waals surface area contributed by atoms with Gasteiger partial charge in [-0.05, 0) is 30.2 Å². The smallest absolute Gasteiger partial charge is 0.322 e. The van der Waals surface area contributed by atoms with E-state index in [2.05, 4.69) is 10.0 Å². The fourth-order valence-corrected chi connectivity index (χ4v) is 2.97. The Morgan fingerprint density at radius 1 is 1.14 bits per heavy atom. The summed E-state index contributed by atoms with van der Waals surface area (Å²) < 4.78 is 26.4. The number of amides is 1. The number of sulfonamides is 1. The molecular formula is C13H18N2O5S. The van der Waals surface area contributed by atoms with Crippen molar-refractivity contribution in [3.05, 3.63) is 24.3 Å². The largest absolute Gasteiger partial charge is 0.480 e. The molecule has 21 heavy (non-hydrogen) atoms. The van der Waals surface area contributed by atoms with E-state index in [1.807, 2.05) is 0 Å². The number of carboxylic acids is 1. The summed E-state index contributed by atoms with van der Waals surface area (Å²) in [6.07, 6.45) is 0. The molecule has 0 spiro atoms. The van der Waals surface area contributed by atoms with E-state index in [0.29, 0.717) is 5.69 Å². The van der Waals surface area contributed by atoms with E-state index in [9.17, 15) is 18.0 Å². The Morgan fingerprint density at radius 3 is 2.05 bits per heavy atom. The van der Waals surface area contributed by atoms with E-state index >= 15 is 0 Å². The van der Waals surface area contributed by atoms with Crippen molar-refractivity contribution in [1.29, 1.82) is 0 Å². The minimum absolute atomic E-state index is 0.0662. The molecular weight excluding hydrogens is 296 g/mol. The molecule has 0 heterocycles. The van der Waals surface area contributed by atoms with Gasteiger partial charge in [-0.25, -0.2) is 8.42 Å². The lowest BCUT2D eigenvalue weighted by atomic mass is 10.1. The number of carbonyl (C=O) groups excluding carboxylic acids is 1. The monoisotopic (exact) mass is 314 g/mol. The Balaban J connectivity index is 2.97. The van der Waals surface area contributed by atoms with Gasteiger partial charge in [-0.15, -0.1) is 0 Å². The maximum atomic E-state index is 12.1. The van der Waals surface area contributed by atoms with Crippen LogP contribution in [0.5, 0.6) is 0 Å². The summed E-state index contributed by atoms with van der Waals surface area (Å²) in [4.78, 5) is 21.9. The Kier molecular flexibility index (Phi) is 5.45. The molecule has 1 aromatic carbocycles. The van der Waals surface area contributed by atoms with Crippen LogP contribution in [0, 0.1) is 5.92 Å². The number of rotatable bonds is 6. The van der Waals surface area contributed by atoms with Crippen LogP contribution in [0.4, 0.5) is 5.69 Å². The number of carbonyl (C=O) groups is 2. The van der Waals surface area contributed by atoms with Crippen LogP contribution >= 0.6 is 0 Å². The maximum absolute atomic E-state index is 12.1. The molecule has 0 bridgehead atoms. The number of hydrogen-bond acceptors (Lipinski definition) is 4. The van der Waals surface area contributed by atoms with E-state index in [0.717, 1.165) is 0 Å². The lowest BCUT2D eigenvalue weighted by molar-refractivity contribution is -0.140. The van der Waals surface area contributed by atoms with Crippen LogP contribution in [0.15, 0.2) is 29.2 Å². The first-order valence-electron chi connectivity index (χ1n) is 6.26. The third-order valence-electron chi connectivity index (χ3n) is 2.70. The second-order valence-corrected chi connectivity index (χ2v) is 6.60. The fraction of sp³-hybridized carbons (Fsp3) is 0.385. The summed E-state index contributed by atoms with van der Waals surface area (Å²) in [7, 11) is -3.94. The Hall–Kier alpha value is -1.93. The first kappa shape index (κ1) is 17.1. The number of carboxylic acid groups (broad SMARTS) is 1. The van der Waals surface area contributed by atoms with Crippen molar-refractivity contribution in [2.45, 2.75) is 31.7 Å². The number of aliphatic carboxylic acids is 1. The van der Waals surface area contributed by atoms with Crippen molar-refractivity contribution in [3.63, 3.8) is 0 Å². The number of benzene rings is 1. The number of nitrogens with one attached hydrogen (secondary N) is 2. The molecule has 0 radical (unpaired) electrons. The van der Waals surface area contributed by atoms with Crippen LogP contribution in [0.25, 0.3) is 0 Å². The van der Waals surface area contributed by atoms with Crippen molar-refractivity contribution in [3.8, 4) is 0 Å². The van der Waals surface area contributed by atoms with Gasteiger partial charge in [0.25, 0.3) is 0 Å². The fourth-order valence-electron chi connectivity index (χ4n) is 1.63. The summed E-state index contributed by atoms with van der Waals surface area (Å²) in [6, 6.07) is 4.26.